The number of hydrogen-bond acceptors (Lipinski definition) is 3. The van der Waals surface area contributed by atoms with E-state index in [9.17, 15) is 4.79 Å². The number of aromatic nitrogens is 1. The van der Waals surface area contributed by atoms with Gasteiger partial charge < -0.3 is 10.2 Å². The molecule has 1 aromatic carbocycles. The Hall–Kier alpha value is -2.36. The molecule has 0 saturated carbocycles. The fourth-order valence-corrected chi connectivity index (χ4v) is 3.47. The first-order chi connectivity index (χ1) is 12.7. The minimum atomic E-state index is 0.123. The lowest BCUT2D eigenvalue weighted by Gasteiger charge is -2.32. The summed E-state index contributed by atoms with van der Waals surface area (Å²) in [7, 11) is 0. The number of carbonyl (C=O) groups is 1. The first-order valence-corrected chi connectivity index (χ1v) is 9.71. The highest BCUT2D eigenvalue weighted by Gasteiger charge is 2.24. The molecular weight excluding hydrogens is 322 g/mol. The molecule has 1 aliphatic rings. The molecule has 0 bridgehead atoms. The average Bonchev–Trinajstić information content (AvgIpc) is 2.69. The normalized spacial score (nSPS) is 16.3. The van der Waals surface area contributed by atoms with E-state index in [1.54, 1.807) is 6.20 Å². The van der Waals surface area contributed by atoms with Crippen molar-refractivity contribution in [3.8, 4) is 0 Å². The standard InChI is InChI=1S/C22H29N3O/c1-3-17(2)24-21-16-20(9-12-23-21)22(26)25-13-10-19(11-14-25)15-18-7-5-4-6-8-18/h4-9,12,16-17,19H,3,10-11,13-15H2,1-2H3,(H,23,24). The zero-order valence-corrected chi connectivity index (χ0v) is 15.8. The molecule has 4 nitrogen and oxygen atoms in total. The maximum absolute atomic E-state index is 12.8. The zero-order chi connectivity index (χ0) is 18.4. The van der Waals surface area contributed by atoms with Crippen LogP contribution in [-0.4, -0.2) is 34.9 Å². The monoisotopic (exact) mass is 351 g/mol. The second-order valence-electron chi connectivity index (χ2n) is 7.31. The highest BCUT2D eigenvalue weighted by Crippen LogP contribution is 2.23. The Labute approximate surface area is 156 Å². The maximum Gasteiger partial charge on any atom is 0.254 e. The number of benzene rings is 1. The largest absolute Gasteiger partial charge is 0.368 e. The molecule has 1 unspecified atom stereocenters. The highest BCUT2D eigenvalue weighted by atomic mass is 16.2. The van der Waals surface area contributed by atoms with E-state index >= 15 is 0 Å². The van der Waals surface area contributed by atoms with Gasteiger partial charge in [0.05, 0.1) is 0 Å². The number of likely N-dealkylation sites (tertiary alicyclic amines) is 1. The Morgan fingerprint density at radius 2 is 1.96 bits per heavy atom. The third-order valence-corrected chi connectivity index (χ3v) is 5.28. The quantitative estimate of drug-likeness (QED) is 0.840. The van der Waals surface area contributed by atoms with Crippen molar-refractivity contribution in [1.82, 2.24) is 9.88 Å². The van der Waals surface area contributed by atoms with E-state index in [1.165, 1.54) is 5.56 Å². The predicted octanol–water partition coefficient (Wildman–Crippen LogP) is 4.39. The SMILES string of the molecule is CCC(C)Nc1cc(C(=O)N2CCC(Cc3ccccc3)CC2)ccn1. The van der Waals surface area contributed by atoms with E-state index in [1.807, 2.05) is 17.0 Å². The van der Waals surface area contributed by atoms with Crippen LogP contribution >= 0.6 is 0 Å². The van der Waals surface area contributed by atoms with Gasteiger partial charge in [0.15, 0.2) is 0 Å². The van der Waals surface area contributed by atoms with Gasteiger partial charge in [-0.25, -0.2) is 4.98 Å². The molecule has 1 amide bonds. The molecule has 1 fully saturated rings. The van der Waals surface area contributed by atoms with Crippen LogP contribution in [0.3, 0.4) is 0 Å². The summed E-state index contributed by atoms with van der Waals surface area (Å²) in [6.07, 6.45) is 6.00. The van der Waals surface area contributed by atoms with Crippen LogP contribution in [0.15, 0.2) is 48.7 Å². The van der Waals surface area contributed by atoms with Gasteiger partial charge >= 0.3 is 0 Å². The summed E-state index contributed by atoms with van der Waals surface area (Å²) in [6, 6.07) is 14.7. The molecule has 2 heterocycles. The van der Waals surface area contributed by atoms with Gasteiger partial charge in [0.2, 0.25) is 0 Å². The van der Waals surface area contributed by atoms with Crippen molar-refractivity contribution >= 4 is 11.7 Å². The first-order valence-electron chi connectivity index (χ1n) is 9.71. The summed E-state index contributed by atoms with van der Waals surface area (Å²) in [5.41, 5.74) is 2.12. The van der Waals surface area contributed by atoms with Crippen LogP contribution in [-0.2, 0) is 6.42 Å². The van der Waals surface area contributed by atoms with Gasteiger partial charge in [-0.05, 0) is 56.2 Å². The van der Waals surface area contributed by atoms with E-state index in [0.717, 1.165) is 50.2 Å². The molecule has 4 heteroatoms. The average molecular weight is 351 g/mol. The van der Waals surface area contributed by atoms with Gasteiger partial charge in [-0.1, -0.05) is 37.3 Å². The molecule has 26 heavy (non-hydrogen) atoms. The summed E-state index contributed by atoms with van der Waals surface area (Å²) >= 11 is 0. The van der Waals surface area contributed by atoms with Crippen molar-refractivity contribution in [2.24, 2.45) is 5.92 Å². The third kappa shape index (κ3) is 4.84. The van der Waals surface area contributed by atoms with Gasteiger partial charge in [-0.3, -0.25) is 4.79 Å². The fourth-order valence-electron chi connectivity index (χ4n) is 3.47. The number of rotatable bonds is 6. The fraction of sp³-hybridized carbons (Fsp3) is 0.455. The molecule has 1 N–H and O–H groups in total. The van der Waals surface area contributed by atoms with E-state index < -0.39 is 0 Å². The lowest BCUT2D eigenvalue weighted by Crippen LogP contribution is -2.39. The molecule has 1 aromatic heterocycles. The van der Waals surface area contributed by atoms with E-state index in [-0.39, 0.29) is 5.91 Å². The highest BCUT2D eigenvalue weighted by molar-refractivity contribution is 5.94. The maximum atomic E-state index is 12.8. The Bertz CT molecular complexity index is 708. The van der Waals surface area contributed by atoms with Crippen molar-refractivity contribution in [1.29, 1.82) is 0 Å². The summed E-state index contributed by atoms with van der Waals surface area (Å²) in [5, 5.41) is 3.34. The second-order valence-corrected chi connectivity index (χ2v) is 7.31. The van der Waals surface area contributed by atoms with Crippen LogP contribution in [0.25, 0.3) is 0 Å². The zero-order valence-electron chi connectivity index (χ0n) is 15.8. The lowest BCUT2D eigenvalue weighted by atomic mass is 9.90. The number of amides is 1. The van der Waals surface area contributed by atoms with Gasteiger partial charge in [0.1, 0.15) is 5.82 Å². The molecule has 2 aromatic rings. The van der Waals surface area contributed by atoms with Gasteiger partial charge in [0, 0.05) is 30.9 Å². The van der Waals surface area contributed by atoms with Crippen molar-refractivity contribution < 1.29 is 4.79 Å². The van der Waals surface area contributed by atoms with Crippen LogP contribution in [0.2, 0.25) is 0 Å². The molecular formula is C22H29N3O. The Morgan fingerprint density at radius 1 is 1.23 bits per heavy atom. The molecule has 0 spiro atoms. The summed E-state index contributed by atoms with van der Waals surface area (Å²) in [4.78, 5) is 19.2. The van der Waals surface area contributed by atoms with Crippen molar-refractivity contribution in [2.75, 3.05) is 18.4 Å². The van der Waals surface area contributed by atoms with Crippen molar-refractivity contribution in [3.63, 3.8) is 0 Å². The second kappa shape index (κ2) is 8.84. The van der Waals surface area contributed by atoms with E-state index in [0.29, 0.717) is 12.0 Å². The van der Waals surface area contributed by atoms with Gasteiger partial charge in [0.25, 0.3) is 5.91 Å². The Balaban J connectivity index is 1.56. The molecule has 138 valence electrons. The third-order valence-electron chi connectivity index (χ3n) is 5.28. The summed E-state index contributed by atoms with van der Waals surface area (Å²) < 4.78 is 0. The molecule has 1 atom stereocenters. The van der Waals surface area contributed by atoms with Crippen LogP contribution in [0.4, 0.5) is 5.82 Å². The molecule has 1 aliphatic heterocycles. The molecule has 0 radical (unpaired) electrons. The number of nitrogens with one attached hydrogen (secondary N) is 1. The summed E-state index contributed by atoms with van der Waals surface area (Å²) in [6.45, 7) is 5.93. The predicted molar refractivity (Wildman–Crippen MR) is 106 cm³/mol. The minimum Gasteiger partial charge on any atom is -0.368 e. The van der Waals surface area contributed by atoms with Gasteiger partial charge in [-0.15, -0.1) is 0 Å². The Kier molecular flexibility index (Phi) is 6.26. The van der Waals surface area contributed by atoms with Gasteiger partial charge in [-0.2, -0.15) is 0 Å². The summed E-state index contributed by atoms with van der Waals surface area (Å²) in [5.74, 6) is 1.57. The van der Waals surface area contributed by atoms with Crippen LogP contribution in [0, 0.1) is 5.92 Å². The van der Waals surface area contributed by atoms with Crippen LogP contribution in [0.1, 0.15) is 49.0 Å². The van der Waals surface area contributed by atoms with Crippen LogP contribution in [0.5, 0.6) is 0 Å². The number of nitrogens with zero attached hydrogens (tertiary/aromatic N) is 2. The number of anilines is 1. The van der Waals surface area contributed by atoms with Crippen molar-refractivity contribution in [3.05, 3.63) is 59.8 Å². The van der Waals surface area contributed by atoms with E-state index in [4.69, 9.17) is 0 Å². The molecule has 3 rings (SSSR count). The van der Waals surface area contributed by atoms with Crippen molar-refractivity contribution in [2.45, 2.75) is 45.6 Å². The topological polar surface area (TPSA) is 45.2 Å². The smallest absolute Gasteiger partial charge is 0.254 e. The minimum absolute atomic E-state index is 0.123. The van der Waals surface area contributed by atoms with E-state index in [2.05, 4.69) is 54.5 Å². The molecule has 0 aliphatic carbocycles. The number of pyridine rings is 1. The first kappa shape index (κ1) is 18.4. The number of hydrogen-bond donors (Lipinski definition) is 1. The number of piperidine rings is 1. The Morgan fingerprint density at radius 3 is 2.65 bits per heavy atom. The number of carbonyl (C=O) groups excluding carboxylic acids is 1. The lowest BCUT2D eigenvalue weighted by molar-refractivity contribution is 0.0690. The molecule has 1 saturated heterocycles. The van der Waals surface area contributed by atoms with Crippen LogP contribution < -0.4 is 5.32 Å².